The second-order valence-corrected chi connectivity index (χ2v) is 17.6. The van der Waals surface area contributed by atoms with Crippen LogP contribution in [-0.4, -0.2) is 0 Å². The molecule has 0 radical (unpaired) electrons. The molecule has 6 rings (SSSR count). The van der Waals surface area contributed by atoms with Gasteiger partial charge >= 0.3 is 47.4 Å². The minimum absolute atomic E-state index is 0.106. The van der Waals surface area contributed by atoms with Gasteiger partial charge < -0.3 is 0 Å². The Balaban J connectivity index is 0.000000205. The van der Waals surface area contributed by atoms with E-state index in [0.29, 0.717) is 10.6 Å². The first-order valence-corrected chi connectivity index (χ1v) is 21.7. The van der Waals surface area contributed by atoms with E-state index in [0.717, 1.165) is 21.2 Å². The zero-order chi connectivity index (χ0) is 35.3. The van der Waals surface area contributed by atoms with Gasteiger partial charge in [0.15, 0.2) is 0 Å². The molecule has 11 heteroatoms. The van der Waals surface area contributed by atoms with Crippen molar-refractivity contribution >= 4 is 66.7 Å². The molecular weight excluding hydrogens is 810 g/mol. The summed E-state index contributed by atoms with van der Waals surface area (Å²) in [6, 6.07) is 49.6. The normalized spacial score (nSPS) is 11.4. The van der Waals surface area contributed by atoms with Gasteiger partial charge in [0.1, 0.15) is 31.8 Å². The average Bonchev–Trinajstić information content (AvgIpc) is 3.11. The summed E-state index contributed by atoms with van der Waals surface area (Å²) in [5, 5.41) is 4.53. The van der Waals surface area contributed by atoms with Crippen molar-refractivity contribution in [3.8, 4) is 0 Å². The summed E-state index contributed by atoms with van der Waals surface area (Å²) in [5.41, 5.74) is -1.08. The van der Waals surface area contributed by atoms with Gasteiger partial charge in [-0.3, -0.25) is 0 Å². The van der Waals surface area contributed by atoms with Gasteiger partial charge in [0.2, 0.25) is 0 Å². The molecule has 0 nitrogen and oxygen atoms in total. The molecular formula is C38H30Cl2F6P2Pd+2. The van der Waals surface area contributed by atoms with Crippen molar-refractivity contribution in [3.05, 3.63) is 181 Å². The molecule has 49 heavy (non-hydrogen) atoms. The summed E-state index contributed by atoms with van der Waals surface area (Å²) < 4.78 is 80.7. The van der Waals surface area contributed by atoms with E-state index in [1.807, 2.05) is 121 Å². The fourth-order valence-corrected chi connectivity index (χ4v) is 10.8. The van der Waals surface area contributed by atoms with Crippen LogP contribution in [0.25, 0.3) is 0 Å². The monoisotopic (exact) mass is 838 g/mol. The topological polar surface area (TPSA) is 0 Å². The van der Waals surface area contributed by atoms with E-state index >= 15 is 0 Å². The molecule has 0 spiro atoms. The first-order chi connectivity index (χ1) is 23.6. The van der Waals surface area contributed by atoms with Crippen molar-refractivity contribution in [1.82, 2.24) is 0 Å². The molecule has 0 aromatic heterocycles. The summed E-state index contributed by atoms with van der Waals surface area (Å²) in [6.07, 6.45) is -8.70. The van der Waals surface area contributed by atoms with Crippen LogP contribution in [0.4, 0.5) is 26.3 Å². The quantitative estimate of drug-likeness (QED) is 0.0891. The van der Waals surface area contributed by atoms with Crippen LogP contribution in [0.2, 0.25) is 0 Å². The number of benzene rings is 6. The SMILES string of the molecule is FC(F)(F)c1ccccc1[PH+](c1ccccc1)c1ccccc1.FC(F)(F)c1ccccc1[PH+](c1ccccc1)c1ccccc1.[Cl][Pd][Cl]. The van der Waals surface area contributed by atoms with Crippen LogP contribution in [0.5, 0.6) is 0 Å². The molecule has 0 N–H and O–H groups in total. The predicted molar refractivity (Wildman–Crippen MR) is 195 cm³/mol. The van der Waals surface area contributed by atoms with Gasteiger partial charge in [0.25, 0.3) is 0 Å². The first-order valence-electron chi connectivity index (χ1n) is 14.7. The Hall–Kier alpha value is -3.00. The van der Waals surface area contributed by atoms with E-state index in [4.69, 9.17) is 19.1 Å². The Morgan fingerprint density at radius 2 is 0.551 bits per heavy atom. The van der Waals surface area contributed by atoms with Gasteiger partial charge in [-0.2, -0.15) is 26.3 Å². The van der Waals surface area contributed by atoms with Crippen LogP contribution in [0.15, 0.2) is 170 Å². The van der Waals surface area contributed by atoms with Crippen molar-refractivity contribution < 1.29 is 42.3 Å². The van der Waals surface area contributed by atoms with E-state index in [-0.39, 0.29) is 15.9 Å². The number of halogens is 8. The van der Waals surface area contributed by atoms with E-state index in [1.54, 1.807) is 24.3 Å². The fourth-order valence-electron chi connectivity index (χ4n) is 5.27. The Kier molecular flexibility index (Phi) is 14.9. The minimum atomic E-state index is -4.35. The molecule has 0 aliphatic carbocycles. The van der Waals surface area contributed by atoms with Gasteiger partial charge in [-0.1, -0.05) is 97.1 Å². The van der Waals surface area contributed by atoms with Crippen LogP contribution < -0.4 is 31.8 Å². The van der Waals surface area contributed by atoms with Crippen LogP contribution in [0, 0.1) is 0 Å². The standard InChI is InChI=1S/2C19H14F3P.2ClH.Pd/c2*20-19(21,22)17-13-7-8-14-18(17)23(15-9-3-1-4-10-15)16-11-5-2-6-12-16;;;/h2*1-14H;2*1H;/q;;;;+2. The fraction of sp³-hybridized carbons (Fsp3) is 0.0526. The third-order valence-corrected chi connectivity index (χ3v) is 12.8. The van der Waals surface area contributed by atoms with Gasteiger partial charge in [0, 0.05) is 0 Å². The van der Waals surface area contributed by atoms with Gasteiger partial charge in [-0.25, -0.2) is 0 Å². The molecule has 256 valence electrons. The van der Waals surface area contributed by atoms with Gasteiger partial charge in [0.05, 0.1) is 27.0 Å². The molecule has 0 saturated heterocycles. The van der Waals surface area contributed by atoms with E-state index in [9.17, 15) is 26.3 Å². The summed E-state index contributed by atoms with van der Waals surface area (Å²) in [4.78, 5) is 0. The third kappa shape index (κ3) is 11.0. The third-order valence-electron chi connectivity index (χ3n) is 7.25. The van der Waals surface area contributed by atoms with Crippen LogP contribution >= 0.6 is 34.9 Å². The second kappa shape index (κ2) is 18.8. The number of rotatable bonds is 6. The van der Waals surface area contributed by atoms with Gasteiger partial charge in [-0.05, 0) is 72.8 Å². The number of hydrogen-bond acceptors (Lipinski definition) is 0. The Morgan fingerprint density at radius 1 is 0.347 bits per heavy atom. The zero-order valence-electron chi connectivity index (χ0n) is 25.5. The second-order valence-electron chi connectivity index (χ2n) is 10.3. The summed E-state index contributed by atoms with van der Waals surface area (Å²) >= 11 is -0.106. The van der Waals surface area contributed by atoms with E-state index in [1.165, 1.54) is 24.3 Å². The van der Waals surface area contributed by atoms with Crippen LogP contribution in [-0.2, 0) is 28.3 Å². The molecule has 0 atom stereocenters. The Labute approximate surface area is 300 Å². The molecule has 0 amide bonds. The molecule has 0 heterocycles. The molecule has 0 bridgehead atoms. The molecule has 0 aliphatic heterocycles. The zero-order valence-corrected chi connectivity index (χ0v) is 30.6. The number of hydrogen-bond donors (Lipinski definition) is 0. The predicted octanol–water partition coefficient (Wildman–Crippen LogP) is 9.77. The summed E-state index contributed by atoms with van der Waals surface area (Å²) in [7, 11) is 6.21. The van der Waals surface area contributed by atoms with Crippen molar-refractivity contribution in [2.75, 3.05) is 0 Å². The number of alkyl halides is 6. The van der Waals surface area contributed by atoms with Crippen LogP contribution in [0.3, 0.4) is 0 Å². The molecule has 6 aromatic rings. The molecule has 0 aliphatic rings. The van der Waals surface area contributed by atoms with Crippen molar-refractivity contribution in [3.63, 3.8) is 0 Å². The summed E-state index contributed by atoms with van der Waals surface area (Å²) in [6.45, 7) is 0. The first kappa shape index (κ1) is 38.8. The maximum absolute atomic E-state index is 13.5. The molecule has 0 unspecified atom stereocenters. The van der Waals surface area contributed by atoms with E-state index < -0.39 is 39.3 Å². The van der Waals surface area contributed by atoms with E-state index in [2.05, 4.69) is 0 Å². The van der Waals surface area contributed by atoms with Crippen LogP contribution in [0.1, 0.15) is 11.1 Å². The van der Waals surface area contributed by atoms with Crippen molar-refractivity contribution in [2.24, 2.45) is 0 Å². The van der Waals surface area contributed by atoms with Crippen molar-refractivity contribution in [2.45, 2.75) is 12.4 Å². The van der Waals surface area contributed by atoms with Crippen molar-refractivity contribution in [1.29, 1.82) is 0 Å². The van der Waals surface area contributed by atoms with Gasteiger partial charge in [-0.15, -0.1) is 0 Å². The molecule has 6 aromatic carbocycles. The molecule has 0 saturated carbocycles. The maximum atomic E-state index is 13.5. The summed E-state index contributed by atoms with van der Waals surface area (Å²) in [5.74, 6) is 0. The molecule has 0 fully saturated rings. The Morgan fingerprint density at radius 3 is 0.776 bits per heavy atom. The average molecular weight is 840 g/mol. The Bertz CT molecular complexity index is 1630.